The molecule has 0 atom stereocenters. The van der Waals surface area contributed by atoms with E-state index in [1.54, 1.807) is 23.5 Å². The first-order valence-corrected chi connectivity index (χ1v) is 12.3. The Morgan fingerprint density at radius 3 is 2.68 bits per heavy atom. The zero-order valence-corrected chi connectivity index (χ0v) is 18.2. The van der Waals surface area contributed by atoms with Crippen LogP contribution in [0.25, 0.3) is 0 Å². The summed E-state index contributed by atoms with van der Waals surface area (Å²) in [5, 5.41) is 5.54. The predicted molar refractivity (Wildman–Crippen MR) is 112 cm³/mol. The van der Waals surface area contributed by atoms with Gasteiger partial charge in [0.1, 0.15) is 4.90 Å². The lowest BCUT2D eigenvalue weighted by Crippen LogP contribution is -2.47. The van der Waals surface area contributed by atoms with Crippen molar-refractivity contribution in [1.29, 1.82) is 0 Å². The molecule has 0 aromatic carbocycles. The minimum Gasteiger partial charge on any atom is -0.355 e. The molecule has 7 nitrogen and oxygen atoms in total. The van der Waals surface area contributed by atoms with E-state index in [-0.39, 0.29) is 16.6 Å². The van der Waals surface area contributed by atoms with Gasteiger partial charge in [0.15, 0.2) is 0 Å². The van der Waals surface area contributed by atoms with Gasteiger partial charge in [-0.1, -0.05) is 17.8 Å². The number of carbonyl (C=O) groups excluding carboxylic acids is 1. The van der Waals surface area contributed by atoms with Crippen LogP contribution >= 0.6 is 23.1 Å². The number of piperazine rings is 1. The van der Waals surface area contributed by atoms with Crippen molar-refractivity contribution in [2.24, 2.45) is 0 Å². The zero-order chi connectivity index (χ0) is 20.0. The Morgan fingerprint density at radius 2 is 2.04 bits per heavy atom. The summed E-state index contributed by atoms with van der Waals surface area (Å²) < 4.78 is 26.9. The van der Waals surface area contributed by atoms with Gasteiger partial charge in [0, 0.05) is 43.8 Å². The number of hydrogen-bond acceptors (Lipinski definition) is 7. The molecule has 3 heterocycles. The molecule has 0 aliphatic carbocycles. The molecule has 0 radical (unpaired) electrons. The number of thiophene rings is 1. The van der Waals surface area contributed by atoms with E-state index in [4.69, 9.17) is 0 Å². The van der Waals surface area contributed by atoms with Gasteiger partial charge >= 0.3 is 0 Å². The number of rotatable bonds is 8. The summed E-state index contributed by atoms with van der Waals surface area (Å²) in [6, 6.07) is 7.27. The number of carbonyl (C=O) groups is 1. The molecule has 2 aromatic heterocycles. The average molecular weight is 441 g/mol. The number of sulfonamides is 1. The highest BCUT2D eigenvalue weighted by molar-refractivity contribution is 7.99. The molecule has 2 aromatic rings. The fourth-order valence-corrected chi connectivity index (χ4v) is 5.50. The van der Waals surface area contributed by atoms with Gasteiger partial charge in [-0.25, -0.2) is 13.4 Å². The molecule has 1 N–H and O–H groups in total. The van der Waals surface area contributed by atoms with Crippen LogP contribution in [0.4, 0.5) is 0 Å². The molecule has 152 valence electrons. The number of pyridine rings is 1. The standard InChI is InChI=1S/C18H24N4O3S3/c1-21-8-10-22(11-9-21)28(24,25)16-4-5-18(20-13-16)27-14-17(23)19-7-6-15-3-2-12-26-15/h2-5,12-13H,6-11,14H2,1H3,(H,19,23). The summed E-state index contributed by atoms with van der Waals surface area (Å²) >= 11 is 2.97. The number of amides is 1. The molecule has 0 unspecified atom stereocenters. The van der Waals surface area contributed by atoms with E-state index in [9.17, 15) is 13.2 Å². The van der Waals surface area contributed by atoms with E-state index in [0.717, 1.165) is 19.5 Å². The molecule has 0 saturated carbocycles. The molecule has 1 aliphatic heterocycles. The third-order valence-corrected chi connectivity index (χ3v) is 8.20. The van der Waals surface area contributed by atoms with Crippen molar-refractivity contribution in [3.05, 3.63) is 40.7 Å². The number of thioether (sulfide) groups is 1. The average Bonchev–Trinajstić information content (AvgIpc) is 3.20. The summed E-state index contributed by atoms with van der Waals surface area (Å²) in [6.45, 7) is 3.03. The van der Waals surface area contributed by atoms with Crippen molar-refractivity contribution < 1.29 is 13.2 Å². The number of hydrogen-bond donors (Lipinski definition) is 1. The number of nitrogens with zero attached hydrogens (tertiary/aromatic N) is 3. The third-order valence-electron chi connectivity index (χ3n) is 4.43. The first kappa shape index (κ1) is 21.3. The fraction of sp³-hybridized carbons (Fsp3) is 0.444. The maximum absolute atomic E-state index is 12.7. The van der Waals surface area contributed by atoms with Crippen molar-refractivity contribution in [1.82, 2.24) is 19.5 Å². The van der Waals surface area contributed by atoms with E-state index < -0.39 is 10.0 Å². The van der Waals surface area contributed by atoms with E-state index in [2.05, 4.69) is 15.2 Å². The van der Waals surface area contributed by atoms with Crippen LogP contribution in [0, 0.1) is 0 Å². The monoisotopic (exact) mass is 440 g/mol. The highest BCUT2D eigenvalue weighted by atomic mass is 32.2. The van der Waals surface area contributed by atoms with Gasteiger partial charge < -0.3 is 10.2 Å². The molecular weight excluding hydrogens is 416 g/mol. The predicted octanol–water partition coefficient (Wildman–Crippen LogP) is 1.53. The lowest BCUT2D eigenvalue weighted by Gasteiger charge is -2.31. The Morgan fingerprint density at radius 1 is 1.25 bits per heavy atom. The normalized spacial score (nSPS) is 16.2. The summed E-state index contributed by atoms with van der Waals surface area (Å²) in [6.07, 6.45) is 2.20. The minimum absolute atomic E-state index is 0.0579. The molecule has 1 aliphatic rings. The molecule has 1 saturated heterocycles. The van der Waals surface area contributed by atoms with Gasteiger partial charge in [-0.3, -0.25) is 4.79 Å². The summed E-state index contributed by atoms with van der Waals surface area (Å²) in [7, 11) is -1.53. The molecule has 1 amide bonds. The highest BCUT2D eigenvalue weighted by Gasteiger charge is 2.27. The number of nitrogens with one attached hydrogen (secondary N) is 1. The molecule has 1 fully saturated rings. The van der Waals surface area contributed by atoms with Crippen LogP contribution in [0.5, 0.6) is 0 Å². The zero-order valence-electron chi connectivity index (χ0n) is 15.7. The molecule has 3 rings (SSSR count). The topological polar surface area (TPSA) is 82.6 Å². The van der Waals surface area contributed by atoms with E-state index in [1.807, 2.05) is 24.6 Å². The van der Waals surface area contributed by atoms with Gasteiger partial charge in [-0.05, 0) is 37.0 Å². The number of aromatic nitrogens is 1. The number of likely N-dealkylation sites (N-methyl/N-ethyl adjacent to an activating group) is 1. The first-order valence-electron chi connectivity index (χ1n) is 9.02. The van der Waals surface area contributed by atoms with E-state index in [0.29, 0.717) is 24.7 Å². The summed E-state index contributed by atoms with van der Waals surface area (Å²) in [5.41, 5.74) is 0. The van der Waals surface area contributed by atoms with Crippen LogP contribution in [-0.4, -0.2) is 74.0 Å². The lowest BCUT2D eigenvalue weighted by molar-refractivity contribution is -0.118. The molecule has 0 bridgehead atoms. The largest absolute Gasteiger partial charge is 0.355 e. The van der Waals surface area contributed by atoms with Gasteiger partial charge in [0.05, 0.1) is 10.8 Å². The van der Waals surface area contributed by atoms with Crippen LogP contribution < -0.4 is 5.32 Å². The van der Waals surface area contributed by atoms with E-state index >= 15 is 0 Å². The smallest absolute Gasteiger partial charge is 0.244 e. The minimum atomic E-state index is -3.51. The second-order valence-corrected chi connectivity index (χ2v) is 10.5. The Balaban J connectivity index is 1.46. The summed E-state index contributed by atoms with van der Waals surface area (Å²) in [5.74, 6) is 0.194. The molecule has 10 heteroatoms. The van der Waals surface area contributed by atoms with Gasteiger partial charge in [0.25, 0.3) is 0 Å². The van der Waals surface area contributed by atoms with Crippen LogP contribution in [0.15, 0.2) is 45.8 Å². The SMILES string of the molecule is CN1CCN(S(=O)(=O)c2ccc(SCC(=O)NCCc3cccs3)nc2)CC1. The van der Waals surface area contributed by atoms with Gasteiger partial charge in [-0.2, -0.15) is 4.31 Å². The fourth-order valence-electron chi connectivity index (χ4n) is 2.75. The second kappa shape index (κ2) is 9.84. The summed E-state index contributed by atoms with van der Waals surface area (Å²) in [4.78, 5) is 19.7. The lowest BCUT2D eigenvalue weighted by atomic mass is 10.3. The Kier molecular flexibility index (Phi) is 7.47. The van der Waals surface area contributed by atoms with Crippen LogP contribution in [0.1, 0.15) is 4.88 Å². The first-order chi connectivity index (χ1) is 13.4. The van der Waals surface area contributed by atoms with Crippen LogP contribution in [0.2, 0.25) is 0 Å². The maximum Gasteiger partial charge on any atom is 0.244 e. The Labute approximate surface area is 174 Å². The van der Waals surface area contributed by atoms with E-state index in [1.165, 1.54) is 27.1 Å². The van der Waals surface area contributed by atoms with Crippen molar-refractivity contribution in [3.63, 3.8) is 0 Å². The van der Waals surface area contributed by atoms with Gasteiger partial charge in [-0.15, -0.1) is 11.3 Å². The van der Waals surface area contributed by atoms with Crippen molar-refractivity contribution in [3.8, 4) is 0 Å². The van der Waals surface area contributed by atoms with Gasteiger partial charge in [0.2, 0.25) is 15.9 Å². The van der Waals surface area contributed by atoms with Crippen molar-refractivity contribution >= 4 is 39.0 Å². The second-order valence-electron chi connectivity index (χ2n) is 6.51. The Hall–Kier alpha value is -1.46. The highest BCUT2D eigenvalue weighted by Crippen LogP contribution is 2.20. The maximum atomic E-state index is 12.7. The molecule has 0 spiro atoms. The quantitative estimate of drug-likeness (QED) is 0.627. The third kappa shape index (κ3) is 5.77. The van der Waals surface area contributed by atoms with Crippen molar-refractivity contribution in [2.75, 3.05) is 45.5 Å². The van der Waals surface area contributed by atoms with Crippen molar-refractivity contribution in [2.45, 2.75) is 16.3 Å². The molecular formula is C18H24N4O3S3. The van der Waals surface area contributed by atoms with Crippen LogP contribution in [0.3, 0.4) is 0 Å². The Bertz CT molecular complexity index is 862. The molecule has 28 heavy (non-hydrogen) atoms. The van der Waals surface area contributed by atoms with Crippen LogP contribution in [-0.2, 0) is 21.2 Å².